The van der Waals surface area contributed by atoms with Crippen LogP contribution in [0.25, 0.3) is 6.08 Å². The summed E-state index contributed by atoms with van der Waals surface area (Å²) in [6, 6.07) is 8.73. The number of hydrogen-bond donors (Lipinski definition) is 0. The third-order valence-corrected chi connectivity index (χ3v) is 3.80. The molecular weight excluding hydrogens is 168 g/mol. The fourth-order valence-electron chi connectivity index (χ4n) is 2.38. The second-order valence-corrected chi connectivity index (χ2v) is 4.92. The van der Waals surface area contributed by atoms with Gasteiger partial charge >= 0.3 is 0 Å². The van der Waals surface area contributed by atoms with Gasteiger partial charge in [0, 0.05) is 0 Å². The van der Waals surface area contributed by atoms with Crippen molar-refractivity contribution in [2.24, 2.45) is 5.92 Å². The predicted molar refractivity (Wildman–Crippen MR) is 62.3 cm³/mol. The van der Waals surface area contributed by atoms with Crippen molar-refractivity contribution in [1.82, 2.24) is 0 Å². The van der Waals surface area contributed by atoms with Crippen LogP contribution in [-0.4, -0.2) is 0 Å². The molecule has 0 heterocycles. The molecule has 1 atom stereocenters. The van der Waals surface area contributed by atoms with E-state index in [0.29, 0.717) is 5.92 Å². The number of allylic oxidation sites excluding steroid dienone is 1. The molecule has 0 saturated heterocycles. The third-order valence-electron chi connectivity index (χ3n) is 3.80. The topological polar surface area (TPSA) is 0 Å². The molecule has 0 amide bonds. The first-order valence-corrected chi connectivity index (χ1v) is 5.31. The molecule has 0 radical (unpaired) electrons. The molecule has 1 aliphatic carbocycles. The summed E-state index contributed by atoms with van der Waals surface area (Å²) in [6.07, 6.45) is 2.32. The van der Waals surface area contributed by atoms with Gasteiger partial charge in [0.15, 0.2) is 0 Å². The van der Waals surface area contributed by atoms with Crippen LogP contribution in [0.3, 0.4) is 0 Å². The summed E-state index contributed by atoms with van der Waals surface area (Å²) in [5.74, 6) is 0.636. The molecule has 0 heteroatoms. The number of benzene rings is 1. The number of rotatable bonds is 0. The smallest absolute Gasteiger partial charge is 0.00349 e. The van der Waals surface area contributed by atoms with Crippen molar-refractivity contribution in [3.8, 4) is 0 Å². The maximum absolute atomic E-state index is 2.34. The maximum atomic E-state index is 2.34. The van der Waals surface area contributed by atoms with Gasteiger partial charge in [-0.05, 0) is 29.4 Å². The summed E-state index contributed by atoms with van der Waals surface area (Å²) in [5.41, 5.74) is 4.65. The van der Waals surface area contributed by atoms with Crippen LogP contribution < -0.4 is 0 Å². The molecule has 0 spiro atoms. The highest BCUT2D eigenvalue weighted by Gasteiger charge is 2.33. The Bertz CT molecular complexity index is 383. The average molecular weight is 186 g/mol. The van der Waals surface area contributed by atoms with Gasteiger partial charge in [0.2, 0.25) is 0 Å². The quantitative estimate of drug-likeness (QED) is 0.574. The first kappa shape index (κ1) is 9.51. The minimum atomic E-state index is 0.273. The maximum Gasteiger partial charge on any atom is -0.00349 e. The monoisotopic (exact) mass is 186 g/mol. The van der Waals surface area contributed by atoms with E-state index in [-0.39, 0.29) is 5.41 Å². The Morgan fingerprint density at radius 2 is 1.79 bits per heavy atom. The van der Waals surface area contributed by atoms with Crippen molar-refractivity contribution in [2.45, 2.75) is 33.1 Å². The van der Waals surface area contributed by atoms with E-state index in [9.17, 15) is 0 Å². The Kier molecular flexibility index (Phi) is 2.02. The van der Waals surface area contributed by atoms with E-state index in [1.54, 1.807) is 0 Å². The lowest BCUT2D eigenvalue weighted by atomic mass is 9.66. The molecule has 0 nitrogen and oxygen atoms in total. The lowest BCUT2D eigenvalue weighted by Gasteiger charge is -2.38. The van der Waals surface area contributed by atoms with E-state index in [4.69, 9.17) is 0 Å². The largest absolute Gasteiger partial charge is 0.0690 e. The van der Waals surface area contributed by atoms with Crippen LogP contribution >= 0.6 is 0 Å². The van der Waals surface area contributed by atoms with E-state index in [1.807, 2.05) is 0 Å². The normalized spacial score (nSPS) is 24.0. The Balaban J connectivity index is 2.66. The molecule has 74 valence electrons. The van der Waals surface area contributed by atoms with Crippen molar-refractivity contribution in [2.75, 3.05) is 0 Å². The van der Waals surface area contributed by atoms with Gasteiger partial charge in [-0.25, -0.2) is 0 Å². The summed E-state index contributed by atoms with van der Waals surface area (Å²) in [5, 5.41) is 0. The average Bonchev–Trinajstić information content (AvgIpc) is 2.15. The zero-order chi connectivity index (χ0) is 10.3. The second-order valence-electron chi connectivity index (χ2n) is 4.92. The highest BCUT2D eigenvalue weighted by molar-refractivity contribution is 5.62. The van der Waals surface area contributed by atoms with Gasteiger partial charge in [-0.15, -0.1) is 0 Å². The first-order valence-electron chi connectivity index (χ1n) is 5.31. The lowest BCUT2D eigenvalue weighted by molar-refractivity contribution is 0.387. The van der Waals surface area contributed by atoms with Crippen molar-refractivity contribution < 1.29 is 0 Å². The van der Waals surface area contributed by atoms with Crippen molar-refractivity contribution >= 4 is 6.08 Å². The molecule has 0 saturated carbocycles. The summed E-state index contributed by atoms with van der Waals surface area (Å²) < 4.78 is 0. The van der Waals surface area contributed by atoms with E-state index in [1.165, 1.54) is 16.7 Å². The SMILES string of the molecule is CC1=Cc2ccccc2C(C)(C)C1C. The second kappa shape index (κ2) is 2.98. The van der Waals surface area contributed by atoms with Crippen LogP contribution in [0.5, 0.6) is 0 Å². The number of fused-ring (bicyclic) bond motifs is 1. The van der Waals surface area contributed by atoms with Crippen LogP contribution in [0.1, 0.15) is 38.8 Å². The molecule has 2 rings (SSSR count). The first-order chi connectivity index (χ1) is 6.53. The van der Waals surface area contributed by atoms with Crippen molar-refractivity contribution in [3.05, 3.63) is 41.0 Å². The van der Waals surface area contributed by atoms with Gasteiger partial charge in [0.05, 0.1) is 0 Å². The van der Waals surface area contributed by atoms with Gasteiger partial charge in [0.25, 0.3) is 0 Å². The third kappa shape index (κ3) is 1.21. The van der Waals surface area contributed by atoms with Gasteiger partial charge in [-0.2, -0.15) is 0 Å². The van der Waals surface area contributed by atoms with Crippen LogP contribution in [0.4, 0.5) is 0 Å². The van der Waals surface area contributed by atoms with E-state index < -0.39 is 0 Å². The summed E-state index contributed by atoms with van der Waals surface area (Å²) in [6.45, 7) is 9.24. The lowest BCUT2D eigenvalue weighted by Crippen LogP contribution is -2.30. The Morgan fingerprint density at radius 3 is 2.50 bits per heavy atom. The fraction of sp³-hybridized carbons (Fsp3) is 0.429. The highest BCUT2D eigenvalue weighted by Crippen LogP contribution is 2.42. The van der Waals surface area contributed by atoms with Crippen LogP contribution in [0, 0.1) is 5.92 Å². The summed E-state index contributed by atoms with van der Waals surface area (Å²) >= 11 is 0. The summed E-state index contributed by atoms with van der Waals surface area (Å²) in [7, 11) is 0. The molecule has 0 fully saturated rings. The number of hydrogen-bond acceptors (Lipinski definition) is 0. The van der Waals surface area contributed by atoms with Crippen molar-refractivity contribution in [1.29, 1.82) is 0 Å². The minimum absolute atomic E-state index is 0.273. The standard InChI is InChI=1S/C14H18/c1-10-9-12-7-5-6-8-13(12)14(3,4)11(10)2/h5-9,11H,1-4H3. The molecular formula is C14H18. The molecule has 1 aromatic rings. The zero-order valence-electron chi connectivity index (χ0n) is 9.46. The van der Waals surface area contributed by atoms with E-state index in [2.05, 4.69) is 58.0 Å². The molecule has 0 aromatic heterocycles. The molecule has 0 aliphatic heterocycles. The molecule has 1 aliphatic rings. The molecule has 1 unspecified atom stereocenters. The minimum Gasteiger partial charge on any atom is -0.0690 e. The van der Waals surface area contributed by atoms with Crippen LogP contribution in [0.2, 0.25) is 0 Å². The van der Waals surface area contributed by atoms with Gasteiger partial charge in [0.1, 0.15) is 0 Å². The van der Waals surface area contributed by atoms with Crippen molar-refractivity contribution in [3.63, 3.8) is 0 Å². The fourth-order valence-corrected chi connectivity index (χ4v) is 2.38. The highest BCUT2D eigenvalue weighted by atomic mass is 14.4. The zero-order valence-corrected chi connectivity index (χ0v) is 9.46. The predicted octanol–water partition coefficient (Wildman–Crippen LogP) is 4.02. The molecule has 0 bridgehead atoms. The Hall–Kier alpha value is -1.04. The molecule has 0 N–H and O–H groups in total. The molecule has 14 heavy (non-hydrogen) atoms. The van der Waals surface area contributed by atoms with Crippen LogP contribution in [-0.2, 0) is 5.41 Å². The van der Waals surface area contributed by atoms with Gasteiger partial charge < -0.3 is 0 Å². The summed E-state index contributed by atoms with van der Waals surface area (Å²) in [4.78, 5) is 0. The van der Waals surface area contributed by atoms with E-state index in [0.717, 1.165) is 0 Å². The Morgan fingerprint density at radius 1 is 1.14 bits per heavy atom. The van der Waals surface area contributed by atoms with Gasteiger partial charge in [-0.3, -0.25) is 0 Å². The Labute approximate surface area is 86.7 Å². The van der Waals surface area contributed by atoms with Gasteiger partial charge in [-0.1, -0.05) is 56.7 Å². The van der Waals surface area contributed by atoms with Crippen LogP contribution in [0.15, 0.2) is 29.8 Å². The molecule has 1 aromatic carbocycles. The van der Waals surface area contributed by atoms with E-state index >= 15 is 0 Å².